The predicted octanol–water partition coefficient (Wildman–Crippen LogP) is 1.63. The van der Waals surface area contributed by atoms with E-state index >= 15 is 0 Å². The van der Waals surface area contributed by atoms with Gasteiger partial charge in [-0.15, -0.1) is 5.11 Å². The van der Waals surface area contributed by atoms with E-state index in [0.717, 1.165) is 31.7 Å². The molecule has 1 aliphatic heterocycles. The van der Waals surface area contributed by atoms with Crippen LogP contribution >= 0.6 is 0 Å². The average molecular weight is 217 g/mol. The molecule has 1 aromatic carbocycles. The van der Waals surface area contributed by atoms with Crippen molar-refractivity contribution in [3.05, 3.63) is 23.8 Å². The van der Waals surface area contributed by atoms with Crippen LogP contribution in [0.2, 0.25) is 0 Å². The summed E-state index contributed by atoms with van der Waals surface area (Å²) in [6, 6.07) is 5.97. The molecule has 0 N–H and O–H groups in total. The summed E-state index contributed by atoms with van der Waals surface area (Å²) < 4.78 is 0. The number of nitrogens with zero attached hydrogens (tertiary/aromatic N) is 4. The second-order valence-electron chi connectivity index (χ2n) is 4.36. The van der Waals surface area contributed by atoms with Gasteiger partial charge in [-0.2, -0.15) is 0 Å². The van der Waals surface area contributed by atoms with Gasteiger partial charge < -0.3 is 9.80 Å². The molecule has 16 heavy (non-hydrogen) atoms. The van der Waals surface area contributed by atoms with E-state index in [0.29, 0.717) is 5.69 Å². The van der Waals surface area contributed by atoms with E-state index in [1.807, 2.05) is 19.1 Å². The van der Waals surface area contributed by atoms with Crippen LogP contribution in [0.1, 0.15) is 5.56 Å². The van der Waals surface area contributed by atoms with E-state index in [2.05, 4.69) is 28.0 Å². The number of anilines is 1. The smallest absolute Gasteiger partial charge is 0.0906 e. The van der Waals surface area contributed by atoms with E-state index in [9.17, 15) is 0 Å². The Labute approximate surface area is 96.4 Å². The highest BCUT2D eigenvalue weighted by Gasteiger charge is 2.14. The van der Waals surface area contributed by atoms with Crippen LogP contribution in [0, 0.1) is 6.92 Å². The standard InChI is InChI=1S/C12H17N4/c1-10-9-11(3-4-12(10)14-13)16-7-5-15(2)6-8-16/h3-4,9H,5-8H2,1-2H3. The van der Waals surface area contributed by atoms with Gasteiger partial charge in [-0.3, -0.25) is 0 Å². The van der Waals surface area contributed by atoms with Gasteiger partial charge in [-0.1, -0.05) is 0 Å². The van der Waals surface area contributed by atoms with Crippen molar-refractivity contribution in [2.75, 3.05) is 38.1 Å². The number of piperazine rings is 1. The van der Waals surface area contributed by atoms with Crippen LogP contribution in [0.25, 0.3) is 0 Å². The summed E-state index contributed by atoms with van der Waals surface area (Å²) in [4.78, 5) is 4.70. The number of rotatable bonds is 2. The third-order valence-electron chi connectivity index (χ3n) is 3.16. The van der Waals surface area contributed by atoms with Gasteiger partial charge in [0.05, 0.1) is 5.69 Å². The highest BCUT2D eigenvalue weighted by molar-refractivity contribution is 5.57. The minimum Gasteiger partial charge on any atom is -0.369 e. The van der Waals surface area contributed by atoms with Crippen LogP contribution < -0.4 is 10.4 Å². The zero-order chi connectivity index (χ0) is 11.5. The molecular weight excluding hydrogens is 200 g/mol. The zero-order valence-electron chi connectivity index (χ0n) is 9.85. The normalized spacial score (nSPS) is 17.5. The van der Waals surface area contributed by atoms with E-state index < -0.39 is 0 Å². The largest absolute Gasteiger partial charge is 0.369 e. The lowest BCUT2D eigenvalue weighted by atomic mass is 10.1. The molecular formula is C12H17N4. The van der Waals surface area contributed by atoms with Crippen molar-refractivity contribution < 1.29 is 0 Å². The lowest BCUT2D eigenvalue weighted by molar-refractivity contribution is 0.313. The Morgan fingerprint density at radius 3 is 2.44 bits per heavy atom. The molecule has 0 bridgehead atoms. The van der Waals surface area contributed by atoms with Crippen molar-refractivity contribution in [1.82, 2.24) is 10.4 Å². The van der Waals surface area contributed by atoms with Crippen molar-refractivity contribution in [2.45, 2.75) is 6.92 Å². The lowest BCUT2D eigenvalue weighted by Gasteiger charge is -2.34. The number of hydrogen-bond acceptors (Lipinski definition) is 3. The molecule has 0 aromatic heterocycles. The summed E-state index contributed by atoms with van der Waals surface area (Å²) >= 11 is 0. The minimum absolute atomic E-state index is 0.651. The number of benzene rings is 1. The highest BCUT2D eigenvalue weighted by Crippen LogP contribution is 2.24. The molecule has 1 fully saturated rings. The lowest BCUT2D eigenvalue weighted by Crippen LogP contribution is -2.44. The summed E-state index contributed by atoms with van der Waals surface area (Å²) in [5.74, 6) is 0. The Balaban J connectivity index is 2.15. The Morgan fingerprint density at radius 1 is 1.19 bits per heavy atom. The first kappa shape index (κ1) is 11.1. The Kier molecular flexibility index (Phi) is 3.19. The van der Waals surface area contributed by atoms with Gasteiger partial charge in [-0.25, -0.2) is 0 Å². The van der Waals surface area contributed by atoms with E-state index in [-0.39, 0.29) is 0 Å². The van der Waals surface area contributed by atoms with E-state index in [1.54, 1.807) is 0 Å². The van der Waals surface area contributed by atoms with Crippen LogP contribution in [-0.2, 0) is 0 Å². The predicted molar refractivity (Wildman–Crippen MR) is 65.1 cm³/mol. The molecule has 0 amide bonds. The maximum atomic E-state index is 8.76. The van der Waals surface area contributed by atoms with Gasteiger partial charge >= 0.3 is 0 Å². The summed E-state index contributed by atoms with van der Waals surface area (Å²) in [6.45, 7) is 6.29. The summed E-state index contributed by atoms with van der Waals surface area (Å²) in [7, 11) is 2.15. The monoisotopic (exact) mass is 217 g/mol. The molecule has 4 nitrogen and oxygen atoms in total. The van der Waals surface area contributed by atoms with Gasteiger partial charge in [-0.05, 0) is 43.3 Å². The molecule has 0 aliphatic carbocycles. The molecule has 1 aliphatic rings. The number of likely N-dealkylation sites (N-methyl/N-ethyl adjacent to an activating group) is 1. The number of hydrogen-bond donors (Lipinski definition) is 0. The molecule has 0 unspecified atom stereocenters. The van der Waals surface area contributed by atoms with Crippen molar-refractivity contribution in [3.8, 4) is 0 Å². The SMILES string of the molecule is Cc1cc(N2CCN(C)CC2)ccc1N=[N]. The zero-order valence-corrected chi connectivity index (χ0v) is 9.85. The highest BCUT2D eigenvalue weighted by atomic mass is 15.2. The van der Waals surface area contributed by atoms with E-state index in [1.165, 1.54) is 5.69 Å². The first-order valence-corrected chi connectivity index (χ1v) is 5.60. The molecule has 1 heterocycles. The molecule has 0 atom stereocenters. The van der Waals surface area contributed by atoms with Crippen LogP contribution in [0.3, 0.4) is 0 Å². The quantitative estimate of drug-likeness (QED) is 0.706. The molecule has 1 radical (unpaired) electrons. The molecule has 2 rings (SSSR count). The van der Waals surface area contributed by atoms with Crippen LogP contribution in [0.5, 0.6) is 0 Å². The van der Waals surface area contributed by atoms with Crippen LogP contribution in [-0.4, -0.2) is 38.1 Å². The average Bonchev–Trinajstić information content (AvgIpc) is 2.30. The first-order valence-electron chi connectivity index (χ1n) is 5.60. The van der Waals surface area contributed by atoms with Crippen molar-refractivity contribution in [1.29, 1.82) is 0 Å². The Hall–Kier alpha value is -1.42. The Bertz CT molecular complexity index is 381. The fourth-order valence-electron chi connectivity index (χ4n) is 2.01. The molecule has 0 saturated carbocycles. The fraction of sp³-hybridized carbons (Fsp3) is 0.500. The van der Waals surface area contributed by atoms with Gasteiger partial charge in [0.15, 0.2) is 0 Å². The number of aryl methyl sites for hydroxylation is 1. The summed E-state index contributed by atoms with van der Waals surface area (Å²) in [5.41, 5.74) is 11.6. The molecule has 0 spiro atoms. The van der Waals surface area contributed by atoms with Gasteiger partial charge in [0.1, 0.15) is 0 Å². The fourth-order valence-corrected chi connectivity index (χ4v) is 2.01. The van der Waals surface area contributed by atoms with Crippen molar-refractivity contribution >= 4 is 11.4 Å². The van der Waals surface area contributed by atoms with Crippen LogP contribution in [0.15, 0.2) is 23.3 Å². The first-order chi connectivity index (χ1) is 7.70. The van der Waals surface area contributed by atoms with Gasteiger partial charge in [0, 0.05) is 31.9 Å². The topological polar surface area (TPSA) is 41.1 Å². The second kappa shape index (κ2) is 4.61. The third kappa shape index (κ3) is 2.22. The molecule has 1 aromatic rings. The van der Waals surface area contributed by atoms with Gasteiger partial charge in [0.2, 0.25) is 0 Å². The molecule has 1 saturated heterocycles. The maximum absolute atomic E-state index is 8.76. The van der Waals surface area contributed by atoms with E-state index in [4.69, 9.17) is 5.53 Å². The Morgan fingerprint density at radius 2 is 1.88 bits per heavy atom. The molecule has 85 valence electrons. The summed E-state index contributed by atoms with van der Waals surface area (Å²) in [6.07, 6.45) is 0. The third-order valence-corrected chi connectivity index (χ3v) is 3.16. The van der Waals surface area contributed by atoms with Crippen molar-refractivity contribution in [2.24, 2.45) is 5.11 Å². The summed E-state index contributed by atoms with van der Waals surface area (Å²) in [5, 5.41) is 3.24. The minimum atomic E-state index is 0.651. The second-order valence-corrected chi connectivity index (χ2v) is 4.36. The van der Waals surface area contributed by atoms with Gasteiger partial charge in [0.25, 0.3) is 0 Å². The molecule has 4 heteroatoms. The van der Waals surface area contributed by atoms with Crippen LogP contribution in [0.4, 0.5) is 11.4 Å². The van der Waals surface area contributed by atoms with Crippen molar-refractivity contribution in [3.63, 3.8) is 0 Å². The maximum Gasteiger partial charge on any atom is 0.0906 e.